The van der Waals surface area contributed by atoms with Gasteiger partial charge in [0.15, 0.2) is 6.79 Å². The zero-order valence-corrected chi connectivity index (χ0v) is 14.4. The first-order chi connectivity index (χ1) is 12.3. The third-order valence-corrected chi connectivity index (χ3v) is 3.93. The average Bonchev–Trinajstić information content (AvgIpc) is 2.58. The Morgan fingerprint density at radius 2 is 1.92 bits per heavy atom. The molecule has 0 amide bonds. The maximum atomic E-state index is 12.5. The van der Waals surface area contributed by atoms with Gasteiger partial charge in [-0.1, -0.05) is 12.1 Å². The molecule has 2 N–H and O–H groups in total. The summed E-state index contributed by atoms with van der Waals surface area (Å²) in [5.41, 5.74) is 0.831. The molecule has 0 saturated heterocycles. The number of benzene rings is 1. The normalized spacial score (nSPS) is 17.0. The molecule has 0 aliphatic carbocycles. The lowest BCUT2D eigenvalue weighted by Gasteiger charge is -2.29. The van der Waals surface area contributed by atoms with Crippen LogP contribution in [-0.2, 0) is 19.1 Å². The van der Waals surface area contributed by atoms with Gasteiger partial charge in [-0.2, -0.15) is 0 Å². The highest BCUT2D eigenvalue weighted by molar-refractivity contribution is 5.99. The summed E-state index contributed by atoms with van der Waals surface area (Å²) in [7, 11) is 1.35. The van der Waals surface area contributed by atoms with Crippen LogP contribution in [0, 0.1) is 10.1 Å². The Labute approximate surface area is 149 Å². The van der Waals surface area contributed by atoms with Gasteiger partial charge in [-0.25, -0.2) is 9.59 Å². The van der Waals surface area contributed by atoms with Gasteiger partial charge in [0.25, 0.3) is 5.69 Å². The number of dihydropyridines is 1. The number of nitro benzene ring substituents is 1. The summed E-state index contributed by atoms with van der Waals surface area (Å²) in [5.74, 6) is -3.02. The summed E-state index contributed by atoms with van der Waals surface area (Å²) < 4.78 is 9.71. The zero-order valence-electron chi connectivity index (χ0n) is 14.4. The number of carbonyl (C=O) groups excluding carboxylic acids is 1. The predicted molar refractivity (Wildman–Crippen MR) is 90.0 cm³/mol. The molecule has 0 fully saturated rings. The third kappa shape index (κ3) is 3.72. The van der Waals surface area contributed by atoms with Crippen LogP contribution in [-0.4, -0.2) is 35.9 Å². The van der Waals surface area contributed by atoms with Crippen LogP contribution >= 0.6 is 0 Å². The number of nitrogens with zero attached hydrogens (tertiary/aromatic N) is 1. The molecule has 9 heteroatoms. The molecule has 0 bridgehead atoms. The van der Waals surface area contributed by atoms with Crippen LogP contribution in [0.15, 0.2) is 46.8 Å². The minimum atomic E-state index is -1.24. The lowest BCUT2D eigenvalue weighted by atomic mass is 9.80. The monoisotopic (exact) mass is 362 g/mol. The molecule has 2 rings (SSSR count). The molecular weight excluding hydrogens is 344 g/mol. The summed E-state index contributed by atoms with van der Waals surface area (Å²) >= 11 is 0. The first-order valence-corrected chi connectivity index (χ1v) is 7.60. The van der Waals surface area contributed by atoms with Gasteiger partial charge in [-0.15, -0.1) is 0 Å². The molecular formula is C17H18N2O7. The molecule has 1 aromatic carbocycles. The number of aliphatic carboxylic acids is 1. The van der Waals surface area contributed by atoms with Crippen LogP contribution in [0.4, 0.5) is 5.69 Å². The van der Waals surface area contributed by atoms with Crippen molar-refractivity contribution < 1.29 is 29.1 Å². The number of non-ortho nitro benzene ring substituents is 1. The fraction of sp³-hybridized carbons (Fsp3) is 0.294. The van der Waals surface area contributed by atoms with E-state index in [1.165, 1.54) is 31.4 Å². The van der Waals surface area contributed by atoms with Crippen molar-refractivity contribution in [3.05, 3.63) is 62.5 Å². The minimum absolute atomic E-state index is 0.0607. The van der Waals surface area contributed by atoms with Crippen LogP contribution in [0.25, 0.3) is 0 Å². The van der Waals surface area contributed by atoms with Gasteiger partial charge in [-0.3, -0.25) is 10.1 Å². The highest BCUT2D eigenvalue weighted by Crippen LogP contribution is 2.39. The summed E-state index contributed by atoms with van der Waals surface area (Å²) in [6.07, 6.45) is 0. The number of carboxylic acid groups (broad SMARTS) is 1. The Morgan fingerprint density at radius 3 is 2.50 bits per heavy atom. The number of allylic oxidation sites excluding steroid dienone is 2. The Kier molecular flexibility index (Phi) is 5.73. The number of carbonyl (C=O) groups is 2. The van der Waals surface area contributed by atoms with E-state index in [9.17, 15) is 24.8 Å². The van der Waals surface area contributed by atoms with Gasteiger partial charge < -0.3 is 19.9 Å². The van der Waals surface area contributed by atoms with Gasteiger partial charge >= 0.3 is 11.9 Å². The molecule has 1 atom stereocenters. The number of nitro groups is 1. The Balaban J connectivity index is 2.64. The largest absolute Gasteiger partial charge is 0.478 e. The number of esters is 1. The molecule has 1 heterocycles. The maximum Gasteiger partial charge on any atom is 0.338 e. The number of methoxy groups -OCH3 is 1. The third-order valence-electron chi connectivity index (χ3n) is 3.93. The predicted octanol–water partition coefficient (Wildman–Crippen LogP) is 2.06. The molecule has 0 radical (unpaired) electrons. The Hall–Kier alpha value is -3.20. The molecule has 138 valence electrons. The molecule has 1 aliphatic heterocycles. The van der Waals surface area contributed by atoms with E-state index in [0.717, 1.165) is 0 Å². The van der Waals surface area contributed by atoms with E-state index >= 15 is 0 Å². The van der Waals surface area contributed by atoms with E-state index in [4.69, 9.17) is 9.47 Å². The number of rotatable bonds is 6. The highest BCUT2D eigenvalue weighted by atomic mass is 16.7. The topological polar surface area (TPSA) is 128 Å². The lowest BCUT2D eigenvalue weighted by Crippen LogP contribution is -2.32. The highest BCUT2D eigenvalue weighted by Gasteiger charge is 2.37. The van der Waals surface area contributed by atoms with Crippen molar-refractivity contribution in [2.24, 2.45) is 0 Å². The van der Waals surface area contributed by atoms with E-state index in [1.807, 2.05) is 0 Å². The van der Waals surface area contributed by atoms with Crippen molar-refractivity contribution in [3.8, 4) is 0 Å². The molecule has 0 saturated carbocycles. The second-order valence-electron chi connectivity index (χ2n) is 5.63. The summed E-state index contributed by atoms with van der Waals surface area (Å²) in [4.78, 5) is 34.8. The SMILES string of the molecule is COCOC(=O)C1=C(C)NC(C)=C(C(=O)O)[C@H]1c1cccc([N+](=O)[O-])c1. The van der Waals surface area contributed by atoms with E-state index in [2.05, 4.69) is 5.32 Å². The van der Waals surface area contributed by atoms with E-state index in [0.29, 0.717) is 17.0 Å². The van der Waals surface area contributed by atoms with E-state index < -0.39 is 22.8 Å². The van der Waals surface area contributed by atoms with Gasteiger partial charge in [0.1, 0.15) is 0 Å². The smallest absolute Gasteiger partial charge is 0.338 e. The molecule has 9 nitrogen and oxygen atoms in total. The van der Waals surface area contributed by atoms with Crippen molar-refractivity contribution in [1.29, 1.82) is 0 Å². The van der Waals surface area contributed by atoms with Gasteiger partial charge in [0, 0.05) is 30.6 Å². The Bertz CT molecular complexity index is 826. The van der Waals surface area contributed by atoms with Crippen molar-refractivity contribution in [3.63, 3.8) is 0 Å². The average molecular weight is 362 g/mol. The fourth-order valence-electron chi connectivity index (χ4n) is 2.89. The van der Waals surface area contributed by atoms with Gasteiger partial charge in [0.2, 0.25) is 0 Å². The number of ether oxygens (including phenoxy) is 2. The Morgan fingerprint density at radius 1 is 1.27 bits per heavy atom. The summed E-state index contributed by atoms with van der Waals surface area (Å²) in [5, 5.41) is 23.6. The van der Waals surface area contributed by atoms with Crippen LogP contribution in [0.2, 0.25) is 0 Å². The van der Waals surface area contributed by atoms with Crippen molar-refractivity contribution in [2.75, 3.05) is 13.9 Å². The lowest BCUT2D eigenvalue weighted by molar-refractivity contribution is -0.384. The van der Waals surface area contributed by atoms with Crippen LogP contribution in [0.1, 0.15) is 25.3 Å². The number of hydrogen-bond acceptors (Lipinski definition) is 7. The standard InChI is InChI=1S/C17H18N2O7/c1-9-13(16(20)21)15(11-5-4-6-12(7-11)19(23)24)14(10(2)18-9)17(22)26-8-25-3/h4-7,15,18H,8H2,1-3H3,(H,20,21)/t15-/m1/s1. The molecule has 1 aromatic rings. The first-order valence-electron chi connectivity index (χ1n) is 7.60. The van der Waals surface area contributed by atoms with Crippen LogP contribution in [0.3, 0.4) is 0 Å². The molecule has 0 spiro atoms. The summed E-state index contributed by atoms with van der Waals surface area (Å²) in [6.45, 7) is 2.87. The molecule has 1 aliphatic rings. The molecule has 0 aromatic heterocycles. The maximum absolute atomic E-state index is 12.5. The number of carboxylic acids is 1. The van der Waals surface area contributed by atoms with Crippen LogP contribution in [0.5, 0.6) is 0 Å². The zero-order chi connectivity index (χ0) is 19.4. The summed E-state index contributed by atoms with van der Waals surface area (Å²) in [6, 6.07) is 5.53. The van der Waals surface area contributed by atoms with Crippen LogP contribution < -0.4 is 5.32 Å². The number of hydrogen-bond donors (Lipinski definition) is 2. The number of nitrogens with one attached hydrogen (secondary N) is 1. The second kappa shape index (κ2) is 7.79. The van der Waals surface area contributed by atoms with Crippen molar-refractivity contribution in [2.45, 2.75) is 19.8 Å². The van der Waals surface area contributed by atoms with Crippen molar-refractivity contribution in [1.82, 2.24) is 5.32 Å². The fourth-order valence-corrected chi connectivity index (χ4v) is 2.89. The second-order valence-corrected chi connectivity index (χ2v) is 5.63. The van der Waals surface area contributed by atoms with E-state index in [-0.39, 0.29) is 23.6 Å². The quantitative estimate of drug-likeness (QED) is 0.341. The molecule has 26 heavy (non-hydrogen) atoms. The van der Waals surface area contributed by atoms with Crippen molar-refractivity contribution >= 4 is 17.6 Å². The van der Waals surface area contributed by atoms with Gasteiger partial charge in [-0.05, 0) is 19.4 Å². The van der Waals surface area contributed by atoms with Gasteiger partial charge in [0.05, 0.1) is 22.0 Å². The van der Waals surface area contributed by atoms with E-state index in [1.54, 1.807) is 13.8 Å². The first kappa shape index (κ1) is 19.1. The minimum Gasteiger partial charge on any atom is -0.478 e. The molecule has 0 unspecified atom stereocenters.